The number of likely N-dealkylation sites (tertiary alicyclic amines) is 1. The summed E-state index contributed by atoms with van der Waals surface area (Å²) < 4.78 is 45.3. The average Bonchev–Trinajstić information content (AvgIpc) is 3.30. The molecule has 0 unspecified atom stereocenters. The highest BCUT2D eigenvalue weighted by atomic mass is 32.2. The highest BCUT2D eigenvalue weighted by Gasteiger charge is 2.42. The fourth-order valence-corrected chi connectivity index (χ4v) is 7.07. The SMILES string of the molecule is C#CC(=O)N1C[C@H](n2ncc3c(N4CCN(C(=O)C(C)C)CC4)cc(S(=O)(=O)NC4(C)CC4)cc32)C[C@H]1CF. The van der Waals surface area contributed by atoms with Crippen molar-refractivity contribution in [2.24, 2.45) is 5.92 Å². The molecule has 12 heteroatoms. The molecule has 0 bridgehead atoms. The molecule has 0 radical (unpaired) electrons. The first-order valence-electron chi connectivity index (χ1n) is 13.4. The second-order valence-corrected chi connectivity index (χ2v) is 13.1. The summed E-state index contributed by atoms with van der Waals surface area (Å²) in [6.07, 6.45) is 8.87. The van der Waals surface area contributed by atoms with E-state index in [1.807, 2.05) is 25.7 Å². The lowest BCUT2D eigenvalue weighted by atomic mass is 10.1. The van der Waals surface area contributed by atoms with Gasteiger partial charge in [0.2, 0.25) is 15.9 Å². The highest BCUT2D eigenvalue weighted by molar-refractivity contribution is 7.89. The van der Waals surface area contributed by atoms with Crippen LogP contribution in [-0.4, -0.2) is 90.8 Å². The smallest absolute Gasteiger partial charge is 0.298 e. The van der Waals surface area contributed by atoms with E-state index < -0.39 is 34.2 Å². The van der Waals surface area contributed by atoms with Gasteiger partial charge in [-0.05, 0) is 44.2 Å². The van der Waals surface area contributed by atoms with Crippen molar-refractivity contribution in [1.29, 1.82) is 0 Å². The molecular weight excluding hydrogens is 523 g/mol. The van der Waals surface area contributed by atoms with Crippen LogP contribution >= 0.6 is 0 Å². The molecule has 1 saturated carbocycles. The predicted octanol–water partition coefficient (Wildman–Crippen LogP) is 1.92. The number of aromatic nitrogens is 2. The van der Waals surface area contributed by atoms with Gasteiger partial charge < -0.3 is 14.7 Å². The van der Waals surface area contributed by atoms with E-state index in [1.165, 1.54) is 4.90 Å². The van der Waals surface area contributed by atoms with Gasteiger partial charge >= 0.3 is 0 Å². The number of rotatable bonds is 7. The van der Waals surface area contributed by atoms with E-state index in [4.69, 9.17) is 6.42 Å². The normalized spacial score (nSPS) is 22.9. The lowest BCUT2D eigenvalue weighted by molar-refractivity contribution is -0.134. The van der Waals surface area contributed by atoms with E-state index in [2.05, 4.69) is 20.6 Å². The van der Waals surface area contributed by atoms with Crippen LogP contribution in [0.1, 0.15) is 46.1 Å². The third-order valence-corrected chi connectivity index (χ3v) is 9.70. The lowest BCUT2D eigenvalue weighted by Crippen LogP contribution is -2.50. The molecule has 1 aliphatic carbocycles. The van der Waals surface area contributed by atoms with Crippen LogP contribution in [0.25, 0.3) is 10.9 Å². The number of anilines is 1. The first-order valence-corrected chi connectivity index (χ1v) is 14.9. The van der Waals surface area contributed by atoms with Crippen LogP contribution in [-0.2, 0) is 19.6 Å². The summed E-state index contributed by atoms with van der Waals surface area (Å²) in [5.41, 5.74) is 0.854. The van der Waals surface area contributed by atoms with Gasteiger partial charge in [0.15, 0.2) is 0 Å². The van der Waals surface area contributed by atoms with E-state index in [0.717, 1.165) is 18.2 Å². The van der Waals surface area contributed by atoms with Crippen LogP contribution in [0.15, 0.2) is 23.2 Å². The number of terminal acetylenes is 1. The van der Waals surface area contributed by atoms with Gasteiger partial charge in [0, 0.05) is 55.3 Å². The molecule has 10 nitrogen and oxygen atoms in total. The van der Waals surface area contributed by atoms with Crippen molar-refractivity contribution in [3.63, 3.8) is 0 Å². The zero-order chi connectivity index (χ0) is 28.1. The molecule has 3 aliphatic rings. The quantitative estimate of drug-likeness (QED) is 0.521. The fraction of sp³-hybridized carbons (Fsp3) is 0.593. The number of piperazine rings is 1. The van der Waals surface area contributed by atoms with Crippen LogP contribution in [0.5, 0.6) is 0 Å². The third kappa shape index (κ3) is 5.22. The molecule has 1 aromatic heterocycles. The molecule has 2 atom stereocenters. The molecule has 2 saturated heterocycles. The van der Waals surface area contributed by atoms with E-state index in [-0.39, 0.29) is 29.3 Å². The monoisotopic (exact) mass is 558 g/mol. The second-order valence-electron chi connectivity index (χ2n) is 11.4. The molecule has 5 rings (SSSR count). The van der Waals surface area contributed by atoms with Crippen molar-refractivity contribution >= 4 is 38.4 Å². The Morgan fingerprint density at radius 1 is 1.23 bits per heavy atom. The number of alkyl halides is 1. The molecule has 210 valence electrons. The maximum Gasteiger partial charge on any atom is 0.298 e. The Morgan fingerprint density at radius 2 is 1.92 bits per heavy atom. The second kappa shape index (κ2) is 10.1. The minimum Gasteiger partial charge on any atom is -0.367 e. The maximum atomic E-state index is 13.8. The van der Waals surface area contributed by atoms with Gasteiger partial charge in [0.05, 0.1) is 28.7 Å². The van der Waals surface area contributed by atoms with Crippen molar-refractivity contribution in [3.05, 3.63) is 18.3 Å². The Morgan fingerprint density at radius 3 is 2.51 bits per heavy atom. The Labute approximate surface area is 228 Å². The van der Waals surface area contributed by atoms with Gasteiger partial charge in [-0.2, -0.15) is 5.10 Å². The minimum absolute atomic E-state index is 0.0923. The number of halogens is 1. The third-order valence-electron chi connectivity index (χ3n) is 8.09. The van der Waals surface area contributed by atoms with Crippen molar-refractivity contribution in [2.45, 2.75) is 62.6 Å². The average molecular weight is 559 g/mol. The number of sulfonamides is 1. The fourth-order valence-electron chi connectivity index (χ4n) is 5.56. The molecule has 2 aliphatic heterocycles. The van der Waals surface area contributed by atoms with Gasteiger partial charge in [-0.1, -0.05) is 13.8 Å². The summed E-state index contributed by atoms with van der Waals surface area (Å²) in [5, 5.41) is 5.35. The van der Waals surface area contributed by atoms with Crippen molar-refractivity contribution in [1.82, 2.24) is 24.3 Å². The predicted molar refractivity (Wildman–Crippen MR) is 145 cm³/mol. The molecule has 3 heterocycles. The van der Waals surface area contributed by atoms with E-state index in [1.54, 1.807) is 23.0 Å². The van der Waals surface area contributed by atoms with Gasteiger partial charge in [-0.15, -0.1) is 6.42 Å². The van der Waals surface area contributed by atoms with Gasteiger partial charge in [-0.3, -0.25) is 14.3 Å². The molecule has 0 spiro atoms. The summed E-state index contributed by atoms with van der Waals surface area (Å²) in [4.78, 5) is 30.1. The van der Waals surface area contributed by atoms with E-state index in [0.29, 0.717) is 43.8 Å². The highest BCUT2D eigenvalue weighted by Crippen LogP contribution is 2.39. The molecule has 2 aromatic rings. The van der Waals surface area contributed by atoms with Gasteiger partial charge in [0.25, 0.3) is 5.91 Å². The summed E-state index contributed by atoms with van der Waals surface area (Å²) in [6, 6.07) is 2.26. The van der Waals surface area contributed by atoms with Crippen LogP contribution < -0.4 is 9.62 Å². The summed E-state index contributed by atoms with van der Waals surface area (Å²) in [7, 11) is -3.84. The largest absolute Gasteiger partial charge is 0.367 e. The number of benzene rings is 1. The van der Waals surface area contributed by atoms with E-state index >= 15 is 0 Å². The first kappa shape index (κ1) is 27.4. The number of carbonyl (C=O) groups excluding carboxylic acids is 2. The van der Waals surface area contributed by atoms with Crippen LogP contribution in [0.3, 0.4) is 0 Å². The Kier molecular flexibility index (Phi) is 7.09. The number of hydrogen-bond acceptors (Lipinski definition) is 6. The van der Waals surface area contributed by atoms with Crippen LogP contribution in [0, 0.1) is 18.3 Å². The summed E-state index contributed by atoms with van der Waals surface area (Å²) >= 11 is 0. The van der Waals surface area contributed by atoms with Gasteiger partial charge in [-0.25, -0.2) is 17.5 Å². The molecule has 1 aromatic carbocycles. The molecule has 39 heavy (non-hydrogen) atoms. The van der Waals surface area contributed by atoms with Crippen molar-refractivity contribution < 1.29 is 22.4 Å². The summed E-state index contributed by atoms with van der Waals surface area (Å²) in [5.74, 6) is 1.50. The number of fused-ring (bicyclic) bond motifs is 1. The zero-order valence-corrected chi connectivity index (χ0v) is 23.4. The summed E-state index contributed by atoms with van der Waals surface area (Å²) in [6.45, 7) is 7.26. The lowest BCUT2D eigenvalue weighted by Gasteiger charge is -2.37. The van der Waals surface area contributed by atoms with Crippen LogP contribution in [0.2, 0.25) is 0 Å². The molecule has 3 fully saturated rings. The number of hydrogen-bond donors (Lipinski definition) is 1. The van der Waals surface area contributed by atoms with E-state index in [9.17, 15) is 22.4 Å². The van der Waals surface area contributed by atoms with Crippen molar-refractivity contribution in [2.75, 3.05) is 44.3 Å². The maximum absolute atomic E-state index is 13.8. The Hall–Kier alpha value is -3.17. The molecule has 2 amide bonds. The molecule has 1 N–H and O–H groups in total. The van der Waals surface area contributed by atoms with Gasteiger partial charge in [0.1, 0.15) is 6.67 Å². The number of nitrogens with one attached hydrogen (secondary N) is 1. The Balaban J connectivity index is 1.53. The minimum atomic E-state index is -3.84. The standard InChI is InChI=1S/C27H35FN6O4S/c1-5-25(35)33-17-20(12-19(33)15-28)34-24-14-21(39(37,38)30-27(4)6-7-27)13-23(22(24)16-29-34)31-8-10-32(11-9-31)26(36)18(2)3/h1,13-14,16,18-20,30H,6-12,15,17H2,2-4H3/t19-,20+/m0/s1. The number of nitrogens with zero attached hydrogens (tertiary/aromatic N) is 5. The first-order chi connectivity index (χ1) is 18.5. The zero-order valence-electron chi connectivity index (χ0n) is 22.6. The van der Waals surface area contributed by atoms with Crippen molar-refractivity contribution in [3.8, 4) is 12.3 Å². The van der Waals surface area contributed by atoms with Crippen LogP contribution in [0.4, 0.5) is 10.1 Å². The topological polar surface area (TPSA) is 108 Å². The number of amides is 2. The Bertz CT molecular complexity index is 1440. The number of carbonyl (C=O) groups is 2. The molecular formula is C27H35FN6O4S.